The van der Waals surface area contributed by atoms with Crippen molar-refractivity contribution < 1.29 is 18.7 Å². The number of nitrogens with zero attached hydrogens (tertiary/aromatic N) is 2. The number of pyridine rings is 1. The molecular formula is C21H16FN5O3S. The fourth-order valence-electron chi connectivity index (χ4n) is 2.71. The standard InChI is InChI=1S/C21H16FN5O3S/c22-13-1-6-16-18(10-13)31-21(26-16)27-20(29)25-14-2-4-15(5-3-14)30-11-12-7-8-24-17(9-12)19(23)28/h1-10H,11H2,(H2,23,28)(H2,25,26,27,29). The van der Waals surface area contributed by atoms with Crippen molar-refractivity contribution in [3.63, 3.8) is 0 Å². The zero-order chi connectivity index (χ0) is 21.8. The zero-order valence-electron chi connectivity index (χ0n) is 16.0. The Morgan fingerprint density at radius 1 is 1.06 bits per heavy atom. The Bertz CT molecular complexity index is 1260. The number of ether oxygens (including phenoxy) is 1. The van der Waals surface area contributed by atoms with Crippen LogP contribution in [0, 0.1) is 5.82 Å². The van der Waals surface area contributed by atoms with E-state index in [9.17, 15) is 14.0 Å². The van der Waals surface area contributed by atoms with Crippen molar-refractivity contribution in [3.05, 3.63) is 77.9 Å². The number of thiazole rings is 1. The van der Waals surface area contributed by atoms with Crippen LogP contribution in [0.1, 0.15) is 16.1 Å². The molecule has 2 heterocycles. The maximum Gasteiger partial charge on any atom is 0.325 e. The van der Waals surface area contributed by atoms with Crippen molar-refractivity contribution in [2.24, 2.45) is 5.73 Å². The van der Waals surface area contributed by atoms with Gasteiger partial charge in [-0.1, -0.05) is 11.3 Å². The van der Waals surface area contributed by atoms with Crippen LogP contribution in [-0.4, -0.2) is 21.9 Å². The topological polar surface area (TPSA) is 119 Å². The highest BCUT2D eigenvalue weighted by Gasteiger charge is 2.09. The van der Waals surface area contributed by atoms with Gasteiger partial charge in [-0.15, -0.1) is 0 Å². The summed E-state index contributed by atoms with van der Waals surface area (Å²) in [5.74, 6) is -0.378. The maximum atomic E-state index is 13.3. The lowest BCUT2D eigenvalue weighted by Crippen LogP contribution is -2.19. The Balaban J connectivity index is 1.32. The lowest BCUT2D eigenvalue weighted by atomic mass is 10.2. The van der Waals surface area contributed by atoms with Crippen LogP contribution in [-0.2, 0) is 6.61 Å². The summed E-state index contributed by atoms with van der Waals surface area (Å²) in [4.78, 5) is 31.5. The van der Waals surface area contributed by atoms with E-state index in [1.165, 1.54) is 29.7 Å². The summed E-state index contributed by atoms with van der Waals surface area (Å²) in [6.07, 6.45) is 1.49. The molecular weight excluding hydrogens is 421 g/mol. The summed E-state index contributed by atoms with van der Waals surface area (Å²) in [6.45, 7) is 0.230. The number of primary amides is 1. The number of nitrogens with two attached hydrogens (primary N) is 1. The Labute approximate surface area is 179 Å². The first-order valence-corrected chi connectivity index (χ1v) is 9.89. The highest BCUT2D eigenvalue weighted by molar-refractivity contribution is 7.22. The molecule has 0 aliphatic carbocycles. The number of benzene rings is 2. The second kappa shape index (κ2) is 8.76. The number of aromatic nitrogens is 2. The largest absolute Gasteiger partial charge is 0.489 e. The molecule has 3 amide bonds. The first kappa shape index (κ1) is 20.2. The van der Waals surface area contributed by atoms with Crippen molar-refractivity contribution in [3.8, 4) is 5.75 Å². The average molecular weight is 437 g/mol. The molecule has 0 unspecified atom stereocenters. The van der Waals surface area contributed by atoms with Gasteiger partial charge in [0.2, 0.25) is 0 Å². The number of urea groups is 1. The van der Waals surface area contributed by atoms with E-state index in [4.69, 9.17) is 10.5 Å². The van der Waals surface area contributed by atoms with E-state index in [-0.39, 0.29) is 18.1 Å². The molecule has 4 N–H and O–H groups in total. The Hall–Kier alpha value is -4.05. The third-order valence-electron chi connectivity index (χ3n) is 4.17. The molecule has 0 fully saturated rings. The molecule has 10 heteroatoms. The highest BCUT2D eigenvalue weighted by atomic mass is 32.1. The van der Waals surface area contributed by atoms with Gasteiger partial charge in [0.15, 0.2) is 5.13 Å². The van der Waals surface area contributed by atoms with E-state index in [1.807, 2.05) is 0 Å². The van der Waals surface area contributed by atoms with E-state index in [1.54, 1.807) is 42.5 Å². The van der Waals surface area contributed by atoms with Gasteiger partial charge < -0.3 is 15.8 Å². The number of halogens is 1. The quantitative estimate of drug-likeness (QED) is 0.419. The minimum Gasteiger partial charge on any atom is -0.489 e. The Morgan fingerprint density at radius 2 is 1.87 bits per heavy atom. The summed E-state index contributed by atoms with van der Waals surface area (Å²) >= 11 is 1.18. The number of anilines is 2. The molecule has 0 spiro atoms. The van der Waals surface area contributed by atoms with E-state index >= 15 is 0 Å². The molecule has 0 aliphatic rings. The van der Waals surface area contributed by atoms with E-state index in [2.05, 4.69) is 20.6 Å². The molecule has 0 saturated heterocycles. The van der Waals surface area contributed by atoms with Crippen molar-refractivity contribution in [1.82, 2.24) is 9.97 Å². The maximum absolute atomic E-state index is 13.3. The summed E-state index contributed by atoms with van der Waals surface area (Å²) in [6, 6.07) is 13.8. The molecule has 4 aromatic rings. The third-order valence-corrected chi connectivity index (χ3v) is 5.10. The number of fused-ring (bicyclic) bond motifs is 1. The molecule has 2 aromatic heterocycles. The van der Waals surface area contributed by atoms with Crippen LogP contribution in [0.4, 0.5) is 20.0 Å². The highest BCUT2D eigenvalue weighted by Crippen LogP contribution is 2.26. The van der Waals surface area contributed by atoms with Crippen LogP contribution >= 0.6 is 11.3 Å². The fourth-order valence-corrected chi connectivity index (χ4v) is 3.60. The molecule has 8 nitrogen and oxygen atoms in total. The number of hydrogen-bond acceptors (Lipinski definition) is 6. The monoisotopic (exact) mass is 437 g/mol. The summed E-state index contributed by atoms with van der Waals surface area (Å²) < 4.78 is 19.6. The number of rotatable bonds is 6. The Morgan fingerprint density at radius 3 is 2.65 bits per heavy atom. The van der Waals surface area contributed by atoms with Crippen LogP contribution in [0.5, 0.6) is 5.75 Å². The number of hydrogen-bond donors (Lipinski definition) is 3. The van der Waals surface area contributed by atoms with Gasteiger partial charge in [-0.05, 0) is 60.2 Å². The van der Waals surface area contributed by atoms with Gasteiger partial charge >= 0.3 is 6.03 Å². The first-order valence-electron chi connectivity index (χ1n) is 9.08. The lowest BCUT2D eigenvalue weighted by molar-refractivity contribution is 0.0995. The molecule has 0 aliphatic heterocycles. The molecule has 0 atom stereocenters. The number of nitrogens with one attached hydrogen (secondary N) is 2. The number of carbonyl (C=O) groups excluding carboxylic acids is 2. The van der Waals surface area contributed by atoms with Crippen LogP contribution in [0.25, 0.3) is 10.2 Å². The van der Waals surface area contributed by atoms with Crippen molar-refractivity contribution >= 4 is 44.3 Å². The molecule has 0 saturated carbocycles. The molecule has 0 radical (unpaired) electrons. The minimum atomic E-state index is -0.603. The fraction of sp³-hybridized carbons (Fsp3) is 0.0476. The van der Waals surface area contributed by atoms with Crippen molar-refractivity contribution in [1.29, 1.82) is 0 Å². The third kappa shape index (κ3) is 5.11. The van der Waals surface area contributed by atoms with Crippen LogP contribution in [0.15, 0.2) is 60.8 Å². The second-order valence-corrected chi connectivity index (χ2v) is 7.47. The average Bonchev–Trinajstić information content (AvgIpc) is 3.14. The SMILES string of the molecule is NC(=O)c1cc(COc2ccc(NC(=O)Nc3nc4ccc(F)cc4s3)cc2)ccn1. The molecule has 0 bridgehead atoms. The second-order valence-electron chi connectivity index (χ2n) is 6.44. The summed E-state index contributed by atoms with van der Waals surface area (Å²) in [5.41, 5.74) is 7.31. The number of carbonyl (C=O) groups is 2. The van der Waals surface area contributed by atoms with Crippen LogP contribution in [0.3, 0.4) is 0 Å². The van der Waals surface area contributed by atoms with Crippen LogP contribution < -0.4 is 21.1 Å². The predicted molar refractivity (Wildman–Crippen MR) is 116 cm³/mol. The number of amides is 3. The van der Waals surface area contributed by atoms with Crippen molar-refractivity contribution in [2.45, 2.75) is 6.61 Å². The van der Waals surface area contributed by atoms with Gasteiger partial charge in [-0.3, -0.25) is 15.1 Å². The Kier molecular flexibility index (Phi) is 5.72. The minimum absolute atomic E-state index is 0.171. The van der Waals surface area contributed by atoms with E-state index in [0.29, 0.717) is 26.8 Å². The molecule has 2 aromatic carbocycles. The summed E-state index contributed by atoms with van der Waals surface area (Å²) in [5, 5.41) is 5.70. The van der Waals surface area contributed by atoms with Gasteiger partial charge in [0.05, 0.1) is 10.2 Å². The molecule has 4 rings (SSSR count). The zero-order valence-corrected chi connectivity index (χ0v) is 16.8. The van der Waals surface area contributed by atoms with Gasteiger partial charge in [-0.25, -0.2) is 14.2 Å². The van der Waals surface area contributed by atoms with E-state index in [0.717, 1.165) is 5.56 Å². The first-order chi connectivity index (χ1) is 15.0. The normalized spacial score (nSPS) is 10.6. The van der Waals surface area contributed by atoms with Gasteiger partial charge in [-0.2, -0.15) is 0 Å². The van der Waals surface area contributed by atoms with Gasteiger partial charge in [0.25, 0.3) is 5.91 Å². The van der Waals surface area contributed by atoms with Crippen LogP contribution in [0.2, 0.25) is 0 Å². The van der Waals surface area contributed by atoms with Crippen molar-refractivity contribution in [2.75, 3.05) is 10.6 Å². The lowest BCUT2D eigenvalue weighted by Gasteiger charge is -2.09. The van der Waals surface area contributed by atoms with Gasteiger partial charge in [0.1, 0.15) is 23.9 Å². The predicted octanol–water partition coefficient (Wildman–Crippen LogP) is 4.15. The molecule has 156 valence electrons. The van der Waals surface area contributed by atoms with Gasteiger partial charge in [0, 0.05) is 11.9 Å². The smallest absolute Gasteiger partial charge is 0.325 e. The molecule has 31 heavy (non-hydrogen) atoms. The van der Waals surface area contributed by atoms with E-state index < -0.39 is 11.9 Å². The summed E-state index contributed by atoms with van der Waals surface area (Å²) in [7, 11) is 0.